The van der Waals surface area contributed by atoms with Crippen LogP contribution in [0.1, 0.15) is 5.56 Å². The molecular weight excluding hydrogens is 270 g/mol. The van der Waals surface area contributed by atoms with E-state index < -0.39 is 0 Å². The fourth-order valence-electron chi connectivity index (χ4n) is 1.67. The van der Waals surface area contributed by atoms with Gasteiger partial charge in [-0.3, -0.25) is 10.9 Å². The summed E-state index contributed by atoms with van der Waals surface area (Å²) >= 11 is 5.22. The van der Waals surface area contributed by atoms with Gasteiger partial charge in [0.25, 0.3) is 0 Å². The number of anilines is 2. The second-order valence-corrected chi connectivity index (χ2v) is 4.66. The molecule has 0 aliphatic rings. The molecule has 0 fully saturated rings. The molecule has 2 aromatic carbocycles. The minimum atomic E-state index is 0.499. The van der Waals surface area contributed by atoms with Crippen molar-refractivity contribution >= 4 is 28.7 Å². The first-order valence-corrected chi connectivity index (χ1v) is 6.62. The van der Waals surface area contributed by atoms with Gasteiger partial charge < -0.3 is 10.1 Å². The maximum absolute atomic E-state index is 5.22. The van der Waals surface area contributed by atoms with Gasteiger partial charge in [-0.2, -0.15) is 0 Å². The molecule has 0 spiro atoms. The average molecular weight is 287 g/mol. The van der Waals surface area contributed by atoms with Crippen LogP contribution < -0.4 is 20.9 Å². The maximum Gasteiger partial charge on any atom is 0.189 e. The number of aryl methyl sites for hydroxylation is 1. The number of ether oxygens (including phenoxy) is 1. The number of para-hydroxylation sites is 1. The van der Waals surface area contributed by atoms with Crippen LogP contribution >= 0.6 is 12.2 Å². The summed E-state index contributed by atoms with van der Waals surface area (Å²) in [6.07, 6.45) is 0. The van der Waals surface area contributed by atoms with Gasteiger partial charge in [-0.05, 0) is 55.0 Å². The van der Waals surface area contributed by atoms with E-state index in [9.17, 15) is 0 Å². The lowest BCUT2D eigenvalue weighted by Crippen LogP contribution is -2.33. The van der Waals surface area contributed by atoms with Crippen LogP contribution in [0.4, 0.5) is 11.4 Å². The van der Waals surface area contributed by atoms with Gasteiger partial charge in [0.2, 0.25) is 0 Å². The lowest BCUT2D eigenvalue weighted by Gasteiger charge is -2.14. The van der Waals surface area contributed by atoms with Crippen molar-refractivity contribution in [2.24, 2.45) is 0 Å². The van der Waals surface area contributed by atoms with Gasteiger partial charge in [0.05, 0.1) is 12.8 Å². The van der Waals surface area contributed by atoms with Crippen molar-refractivity contribution in [2.45, 2.75) is 6.92 Å². The molecule has 2 aromatic rings. The molecule has 5 heteroatoms. The zero-order valence-corrected chi connectivity index (χ0v) is 12.3. The Balaban J connectivity index is 1.87. The summed E-state index contributed by atoms with van der Waals surface area (Å²) in [6.45, 7) is 2.03. The highest BCUT2D eigenvalue weighted by Crippen LogP contribution is 2.15. The Kier molecular flexibility index (Phi) is 4.79. The molecule has 0 radical (unpaired) electrons. The Bertz CT molecular complexity index is 584. The van der Waals surface area contributed by atoms with E-state index in [0.29, 0.717) is 5.11 Å². The third kappa shape index (κ3) is 3.86. The second kappa shape index (κ2) is 6.77. The van der Waals surface area contributed by atoms with Crippen molar-refractivity contribution in [3.8, 4) is 5.75 Å². The first-order chi connectivity index (χ1) is 9.69. The largest absolute Gasteiger partial charge is 0.497 e. The molecule has 0 aliphatic carbocycles. The Morgan fingerprint density at radius 2 is 1.75 bits per heavy atom. The molecule has 0 atom stereocenters. The molecule has 0 saturated heterocycles. The third-order valence-corrected chi connectivity index (χ3v) is 3.01. The normalized spacial score (nSPS) is 9.70. The van der Waals surface area contributed by atoms with E-state index in [0.717, 1.165) is 22.7 Å². The Hall–Kier alpha value is -2.27. The van der Waals surface area contributed by atoms with E-state index in [1.807, 2.05) is 55.5 Å². The summed E-state index contributed by atoms with van der Waals surface area (Å²) in [4.78, 5) is 0. The number of hydrogen-bond donors (Lipinski definition) is 3. The molecule has 0 amide bonds. The lowest BCUT2D eigenvalue weighted by atomic mass is 10.2. The van der Waals surface area contributed by atoms with Crippen molar-refractivity contribution in [3.05, 3.63) is 54.1 Å². The Morgan fingerprint density at radius 3 is 2.40 bits per heavy atom. The maximum atomic E-state index is 5.22. The van der Waals surface area contributed by atoms with Crippen molar-refractivity contribution in [3.63, 3.8) is 0 Å². The van der Waals surface area contributed by atoms with Gasteiger partial charge in [-0.25, -0.2) is 0 Å². The number of benzene rings is 2. The number of nitrogens with one attached hydrogen (secondary N) is 3. The molecule has 20 heavy (non-hydrogen) atoms. The predicted molar refractivity (Wildman–Crippen MR) is 87.2 cm³/mol. The van der Waals surface area contributed by atoms with Crippen molar-refractivity contribution in [1.82, 2.24) is 5.43 Å². The van der Waals surface area contributed by atoms with Gasteiger partial charge >= 0.3 is 0 Å². The van der Waals surface area contributed by atoms with Crippen LogP contribution in [0.2, 0.25) is 0 Å². The summed E-state index contributed by atoms with van der Waals surface area (Å²) in [5.41, 5.74) is 9.07. The quantitative estimate of drug-likeness (QED) is 0.595. The van der Waals surface area contributed by atoms with Gasteiger partial charge in [-0.15, -0.1) is 0 Å². The smallest absolute Gasteiger partial charge is 0.189 e. The molecule has 0 heterocycles. The fourth-order valence-corrected chi connectivity index (χ4v) is 1.84. The van der Waals surface area contributed by atoms with Crippen LogP contribution in [-0.2, 0) is 0 Å². The van der Waals surface area contributed by atoms with Gasteiger partial charge in [0.1, 0.15) is 5.75 Å². The lowest BCUT2D eigenvalue weighted by molar-refractivity contribution is 0.415. The summed E-state index contributed by atoms with van der Waals surface area (Å²) in [7, 11) is 1.64. The minimum Gasteiger partial charge on any atom is -0.497 e. The monoisotopic (exact) mass is 287 g/mol. The van der Waals surface area contributed by atoms with E-state index in [-0.39, 0.29) is 0 Å². The number of methoxy groups -OCH3 is 1. The van der Waals surface area contributed by atoms with E-state index in [1.165, 1.54) is 0 Å². The number of hydrogen-bond acceptors (Lipinski definition) is 3. The van der Waals surface area contributed by atoms with Crippen molar-refractivity contribution in [1.29, 1.82) is 0 Å². The summed E-state index contributed by atoms with van der Waals surface area (Å²) in [5, 5.41) is 3.58. The van der Waals surface area contributed by atoms with Crippen molar-refractivity contribution < 1.29 is 4.74 Å². The molecule has 0 aliphatic heterocycles. The molecule has 3 N–H and O–H groups in total. The highest BCUT2D eigenvalue weighted by molar-refractivity contribution is 7.80. The van der Waals surface area contributed by atoms with E-state index in [1.54, 1.807) is 7.11 Å². The standard InChI is InChI=1S/C15H17N3OS/c1-11-5-3-4-6-14(11)17-18-15(20)16-12-7-9-13(19-2)10-8-12/h3-10,17H,1-2H3,(H2,16,18,20). The molecule has 104 valence electrons. The highest BCUT2D eigenvalue weighted by Gasteiger charge is 1.99. The van der Waals surface area contributed by atoms with Crippen LogP contribution in [0.15, 0.2) is 48.5 Å². The molecule has 4 nitrogen and oxygen atoms in total. The first-order valence-electron chi connectivity index (χ1n) is 6.22. The summed E-state index contributed by atoms with van der Waals surface area (Å²) < 4.78 is 5.10. The number of hydrazine groups is 1. The molecule has 0 unspecified atom stereocenters. The number of thiocarbonyl (C=S) groups is 1. The average Bonchev–Trinajstić information content (AvgIpc) is 2.47. The summed E-state index contributed by atoms with van der Waals surface area (Å²) in [6, 6.07) is 15.5. The fraction of sp³-hybridized carbons (Fsp3) is 0.133. The van der Waals surface area contributed by atoms with Crippen LogP contribution in [0.3, 0.4) is 0 Å². The molecule has 0 bridgehead atoms. The molecule has 2 rings (SSSR count). The molecular formula is C15H17N3OS. The van der Waals surface area contributed by atoms with Crippen LogP contribution in [0.5, 0.6) is 5.75 Å². The minimum absolute atomic E-state index is 0.499. The van der Waals surface area contributed by atoms with Crippen LogP contribution in [0.25, 0.3) is 0 Å². The van der Waals surface area contributed by atoms with Crippen LogP contribution in [-0.4, -0.2) is 12.2 Å². The third-order valence-electron chi connectivity index (χ3n) is 2.80. The molecule has 0 aromatic heterocycles. The van der Waals surface area contributed by atoms with Gasteiger partial charge in [0.15, 0.2) is 5.11 Å². The Labute approximate surface area is 124 Å². The van der Waals surface area contributed by atoms with E-state index >= 15 is 0 Å². The first kappa shape index (κ1) is 14.1. The Morgan fingerprint density at radius 1 is 1.05 bits per heavy atom. The van der Waals surface area contributed by atoms with Crippen LogP contribution in [0, 0.1) is 6.92 Å². The summed E-state index contributed by atoms with van der Waals surface area (Å²) in [5.74, 6) is 0.812. The van der Waals surface area contributed by atoms with E-state index in [4.69, 9.17) is 17.0 Å². The molecule has 0 saturated carbocycles. The van der Waals surface area contributed by atoms with Crippen molar-refractivity contribution in [2.75, 3.05) is 17.9 Å². The predicted octanol–water partition coefficient (Wildman–Crippen LogP) is 3.32. The topological polar surface area (TPSA) is 45.3 Å². The zero-order valence-electron chi connectivity index (χ0n) is 11.4. The highest BCUT2D eigenvalue weighted by atomic mass is 32.1. The van der Waals surface area contributed by atoms with Gasteiger partial charge in [0, 0.05) is 5.69 Å². The number of rotatable bonds is 4. The zero-order chi connectivity index (χ0) is 14.4. The van der Waals surface area contributed by atoms with Gasteiger partial charge in [-0.1, -0.05) is 18.2 Å². The SMILES string of the molecule is COc1ccc(NC(=S)NNc2ccccc2C)cc1. The van der Waals surface area contributed by atoms with E-state index in [2.05, 4.69) is 16.2 Å². The second-order valence-electron chi connectivity index (χ2n) is 4.25.